The highest BCUT2D eigenvalue weighted by Crippen LogP contribution is 2.30. The molecule has 0 aliphatic rings. The van der Waals surface area contributed by atoms with Crippen LogP contribution in [0.3, 0.4) is 0 Å². The van der Waals surface area contributed by atoms with E-state index >= 15 is 0 Å². The maximum atomic E-state index is 12.0. The quantitative estimate of drug-likeness (QED) is 0.776. The molecule has 3 N–H and O–H groups in total. The monoisotopic (exact) mass is 298 g/mol. The second kappa shape index (κ2) is 6.25. The molecular weight excluding hydrogens is 284 g/mol. The van der Waals surface area contributed by atoms with Crippen LogP contribution in [0.4, 0.5) is 0 Å². The summed E-state index contributed by atoms with van der Waals surface area (Å²) < 4.78 is 0. The van der Waals surface area contributed by atoms with E-state index in [1.54, 1.807) is 18.3 Å². The number of carbonyl (C=O) groups is 1. The number of thiophene rings is 1. The van der Waals surface area contributed by atoms with Crippen LogP contribution in [0.25, 0.3) is 9.88 Å². The molecule has 7 heteroatoms. The van der Waals surface area contributed by atoms with Crippen LogP contribution < -0.4 is 5.32 Å². The van der Waals surface area contributed by atoms with E-state index in [0.717, 1.165) is 9.88 Å². The summed E-state index contributed by atoms with van der Waals surface area (Å²) in [5.74, 6) is -0.314. The summed E-state index contributed by atoms with van der Waals surface area (Å²) in [7, 11) is 0. The van der Waals surface area contributed by atoms with Crippen molar-refractivity contribution in [3.63, 3.8) is 0 Å². The molecule has 1 amide bonds. The van der Waals surface area contributed by atoms with Gasteiger partial charge in [-0.3, -0.25) is 4.79 Å². The maximum Gasteiger partial charge on any atom is 0.263 e. The molecule has 0 aromatic carbocycles. The van der Waals surface area contributed by atoms with Gasteiger partial charge in [0.15, 0.2) is 0 Å². The van der Waals surface area contributed by atoms with Crippen LogP contribution in [-0.4, -0.2) is 40.4 Å². The molecule has 0 spiro atoms. The van der Waals surface area contributed by atoms with E-state index in [9.17, 15) is 4.79 Å². The topological polar surface area (TPSA) is 82.5 Å². The SMILES string of the molecule is Cc1nc(-c2cccs2)sc1C(=O)NC(CO)CO. The van der Waals surface area contributed by atoms with Crippen LogP contribution in [0.15, 0.2) is 17.5 Å². The summed E-state index contributed by atoms with van der Waals surface area (Å²) in [6.07, 6.45) is 0. The Labute approximate surface area is 118 Å². The van der Waals surface area contributed by atoms with Gasteiger partial charge in [0, 0.05) is 0 Å². The molecule has 0 aliphatic carbocycles. The van der Waals surface area contributed by atoms with Gasteiger partial charge in [0.1, 0.15) is 9.88 Å². The van der Waals surface area contributed by atoms with Gasteiger partial charge in [0.05, 0.1) is 29.8 Å². The second-order valence-corrected chi connectivity index (χ2v) is 5.89. The maximum absolute atomic E-state index is 12.0. The van der Waals surface area contributed by atoms with E-state index in [0.29, 0.717) is 10.6 Å². The van der Waals surface area contributed by atoms with Crippen LogP contribution in [0.1, 0.15) is 15.4 Å². The molecule has 0 radical (unpaired) electrons. The van der Waals surface area contributed by atoms with E-state index < -0.39 is 6.04 Å². The predicted molar refractivity (Wildman–Crippen MR) is 75.6 cm³/mol. The minimum Gasteiger partial charge on any atom is -0.394 e. The van der Waals surface area contributed by atoms with Gasteiger partial charge in [-0.1, -0.05) is 6.07 Å². The van der Waals surface area contributed by atoms with Gasteiger partial charge in [0.2, 0.25) is 0 Å². The van der Waals surface area contributed by atoms with E-state index in [1.807, 2.05) is 17.5 Å². The van der Waals surface area contributed by atoms with Gasteiger partial charge in [0.25, 0.3) is 5.91 Å². The van der Waals surface area contributed by atoms with Crippen molar-refractivity contribution >= 4 is 28.6 Å². The first kappa shape index (κ1) is 14.1. The number of hydrogen-bond acceptors (Lipinski definition) is 6. The lowest BCUT2D eigenvalue weighted by atomic mass is 10.3. The Balaban J connectivity index is 2.19. The molecule has 0 atom stereocenters. The zero-order valence-corrected chi connectivity index (χ0v) is 11.9. The number of nitrogens with zero attached hydrogens (tertiary/aromatic N) is 1. The minimum absolute atomic E-state index is 0.294. The van der Waals surface area contributed by atoms with Crippen molar-refractivity contribution in [2.24, 2.45) is 0 Å². The molecule has 2 heterocycles. The van der Waals surface area contributed by atoms with Crippen LogP contribution >= 0.6 is 22.7 Å². The highest BCUT2D eigenvalue weighted by Gasteiger charge is 2.19. The van der Waals surface area contributed by atoms with Crippen LogP contribution in [-0.2, 0) is 0 Å². The Kier molecular flexibility index (Phi) is 4.65. The molecule has 5 nitrogen and oxygen atoms in total. The zero-order chi connectivity index (χ0) is 13.8. The third-order valence-corrected chi connectivity index (χ3v) is 4.71. The number of aryl methyl sites for hydroxylation is 1. The molecule has 0 aliphatic heterocycles. The van der Waals surface area contributed by atoms with Gasteiger partial charge < -0.3 is 15.5 Å². The summed E-state index contributed by atoms with van der Waals surface area (Å²) in [4.78, 5) is 17.9. The summed E-state index contributed by atoms with van der Waals surface area (Å²) in [5, 5.41) is 23.3. The number of carbonyl (C=O) groups excluding carboxylic acids is 1. The van der Waals surface area contributed by atoms with Crippen LogP contribution in [0, 0.1) is 6.92 Å². The number of nitrogens with one attached hydrogen (secondary N) is 1. The number of hydrogen-bond donors (Lipinski definition) is 3. The van der Waals surface area contributed by atoms with Crippen molar-refractivity contribution < 1.29 is 15.0 Å². The molecule has 2 aromatic rings. The van der Waals surface area contributed by atoms with Gasteiger partial charge in [-0.15, -0.1) is 22.7 Å². The Hall–Kier alpha value is -1.28. The van der Waals surface area contributed by atoms with Crippen LogP contribution in [0.5, 0.6) is 0 Å². The van der Waals surface area contributed by atoms with E-state index in [2.05, 4.69) is 10.3 Å². The molecule has 2 rings (SSSR count). The van der Waals surface area contributed by atoms with E-state index in [4.69, 9.17) is 10.2 Å². The van der Waals surface area contributed by atoms with Crippen molar-refractivity contribution in [2.45, 2.75) is 13.0 Å². The number of aliphatic hydroxyl groups is 2. The van der Waals surface area contributed by atoms with Crippen molar-refractivity contribution in [1.82, 2.24) is 10.3 Å². The average molecular weight is 298 g/mol. The summed E-state index contributed by atoms with van der Waals surface area (Å²) in [5.41, 5.74) is 0.653. The van der Waals surface area contributed by atoms with Gasteiger partial charge in [-0.25, -0.2) is 4.98 Å². The number of rotatable bonds is 5. The zero-order valence-electron chi connectivity index (χ0n) is 10.3. The first-order chi connectivity index (χ1) is 9.15. The fourth-order valence-corrected chi connectivity index (χ4v) is 3.28. The number of aliphatic hydroxyl groups excluding tert-OH is 2. The lowest BCUT2D eigenvalue weighted by molar-refractivity contribution is 0.0882. The third-order valence-electron chi connectivity index (χ3n) is 2.51. The Morgan fingerprint density at radius 3 is 2.79 bits per heavy atom. The average Bonchev–Trinajstić information content (AvgIpc) is 3.04. The van der Waals surface area contributed by atoms with Crippen molar-refractivity contribution in [3.8, 4) is 9.88 Å². The van der Waals surface area contributed by atoms with Gasteiger partial charge >= 0.3 is 0 Å². The lowest BCUT2D eigenvalue weighted by Crippen LogP contribution is -2.40. The number of thiazole rings is 1. The van der Waals surface area contributed by atoms with Gasteiger partial charge in [-0.2, -0.15) is 0 Å². The Morgan fingerprint density at radius 2 is 2.21 bits per heavy atom. The Bertz CT molecular complexity index is 547. The molecule has 0 saturated carbocycles. The minimum atomic E-state index is -0.640. The molecular formula is C12H14N2O3S2. The summed E-state index contributed by atoms with van der Waals surface area (Å²) in [6.45, 7) is 1.19. The number of amides is 1. The molecule has 2 aromatic heterocycles. The standard InChI is InChI=1S/C12H14N2O3S2/c1-7-10(11(17)14-8(5-15)6-16)19-12(13-7)9-3-2-4-18-9/h2-4,8,15-16H,5-6H2,1H3,(H,14,17). The largest absolute Gasteiger partial charge is 0.394 e. The number of aromatic nitrogens is 1. The normalized spacial score (nSPS) is 10.9. The molecule has 0 unspecified atom stereocenters. The molecule has 102 valence electrons. The molecule has 0 fully saturated rings. The van der Waals surface area contributed by atoms with E-state index in [1.165, 1.54) is 11.3 Å². The van der Waals surface area contributed by atoms with E-state index in [-0.39, 0.29) is 19.1 Å². The lowest BCUT2D eigenvalue weighted by Gasteiger charge is -2.12. The van der Waals surface area contributed by atoms with Crippen molar-refractivity contribution in [1.29, 1.82) is 0 Å². The summed E-state index contributed by atoms with van der Waals surface area (Å²) >= 11 is 2.88. The predicted octanol–water partition coefficient (Wildman–Crippen LogP) is 1.26. The fourth-order valence-electron chi connectivity index (χ4n) is 1.51. The van der Waals surface area contributed by atoms with Gasteiger partial charge in [-0.05, 0) is 18.4 Å². The fraction of sp³-hybridized carbons (Fsp3) is 0.333. The molecule has 0 bridgehead atoms. The highest BCUT2D eigenvalue weighted by atomic mass is 32.1. The Morgan fingerprint density at radius 1 is 1.47 bits per heavy atom. The highest BCUT2D eigenvalue weighted by molar-refractivity contribution is 7.22. The smallest absolute Gasteiger partial charge is 0.263 e. The van der Waals surface area contributed by atoms with Crippen molar-refractivity contribution in [2.75, 3.05) is 13.2 Å². The van der Waals surface area contributed by atoms with Crippen molar-refractivity contribution in [3.05, 3.63) is 28.1 Å². The van der Waals surface area contributed by atoms with Crippen LogP contribution in [0.2, 0.25) is 0 Å². The summed E-state index contributed by atoms with van der Waals surface area (Å²) in [6, 6.07) is 3.25. The first-order valence-electron chi connectivity index (χ1n) is 5.69. The molecule has 0 saturated heterocycles. The molecule has 19 heavy (non-hydrogen) atoms. The first-order valence-corrected chi connectivity index (χ1v) is 7.39. The second-order valence-electron chi connectivity index (χ2n) is 3.95. The third kappa shape index (κ3) is 3.19.